The lowest BCUT2D eigenvalue weighted by atomic mass is 9.78. The zero-order chi connectivity index (χ0) is 21.0. The van der Waals surface area contributed by atoms with Gasteiger partial charge in [-0.1, -0.05) is 67.6 Å². The molecule has 2 aromatic carbocycles. The molecule has 5 nitrogen and oxygen atoms in total. The maximum atomic E-state index is 13.3. The van der Waals surface area contributed by atoms with Gasteiger partial charge in [0.15, 0.2) is 0 Å². The summed E-state index contributed by atoms with van der Waals surface area (Å²) in [4.78, 5) is 29.8. The van der Waals surface area contributed by atoms with Crippen LogP contribution >= 0.6 is 0 Å². The lowest BCUT2D eigenvalue weighted by Gasteiger charge is -2.50. The first-order valence-corrected chi connectivity index (χ1v) is 10.2. The van der Waals surface area contributed by atoms with Crippen molar-refractivity contribution in [2.75, 3.05) is 6.67 Å². The molecule has 0 spiro atoms. The Bertz CT molecular complexity index is 836. The second-order valence-corrected chi connectivity index (χ2v) is 8.16. The molecule has 1 aliphatic heterocycles. The first-order valence-electron chi connectivity index (χ1n) is 10.2. The van der Waals surface area contributed by atoms with Crippen molar-refractivity contribution in [3.63, 3.8) is 0 Å². The lowest BCUT2D eigenvalue weighted by molar-refractivity contribution is -0.159. The third-order valence-electron chi connectivity index (χ3n) is 5.90. The molecule has 3 rings (SSSR count). The molecule has 0 aromatic heterocycles. The second kappa shape index (κ2) is 8.68. The average molecular weight is 395 g/mol. The Morgan fingerprint density at radius 1 is 1.10 bits per heavy atom. The molecule has 0 bridgehead atoms. The Hall–Kier alpha value is -2.82. The van der Waals surface area contributed by atoms with Crippen LogP contribution in [0.2, 0.25) is 0 Å². The van der Waals surface area contributed by atoms with Crippen molar-refractivity contribution < 1.29 is 14.3 Å². The molecule has 0 aliphatic carbocycles. The third-order valence-corrected chi connectivity index (χ3v) is 5.90. The number of hydrogen-bond donors (Lipinski definition) is 0. The van der Waals surface area contributed by atoms with Crippen LogP contribution < -0.4 is 0 Å². The highest BCUT2D eigenvalue weighted by atomic mass is 16.6. The first kappa shape index (κ1) is 20.9. The van der Waals surface area contributed by atoms with E-state index in [1.807, 2.05) is 88.4 Å². The number of amides is 2. The summed E-state index contributed by atoms with van der Waals surface area (Å²) in [6, 6.07) is 19.2. The Labute approximate surface area is 173 Å². The van der Waals surface area contributed by atoms with Crippen LogP contribution in [0.5, 0.6) is 0 Å². The van der Waals surface area contributed by atoms with E-state index >= 15 is 0 Å². The van der Waals surface area contributed by atoms with Gasteiger partial charge >= 0.3 is 6.09 Å². The smallest absolute Gasteiger partial charge is 0.411 e. The van der Waals surface area contributed by atoms with Crippen LogP contribution in [-0.2, 0) is 16.1 Å². The molecule has 0 saturated carbocycles. The molecule has 1 aliphatic rings. The molecule has 1 fully saturated rings. The summed E-state index contributed by atoms with van der Waals surface area (Å²) in [6.07, 6.45) is 0.304. The molecule has 0 radical (unpaired) electrons. The fourth-order valence-corrected chi connectivity index (χ4v) is 4.16. The highest BCUT2D eigenvalue weighted by Crippen LogP contribution is 2.38. The third kappa shape index (κ3) is 4.29. The molecular formula is C24H30N2O3. The van der Waals surface area contributed by atoms with E-state index in [0.717, 1.165) is 11.1 Å². The number of carbonyl (C=O) groups excluding carboxylic acids is 2. The van der Waals surface area contributed by atoms with Crippen LogP contribution in [-0.4, -0.2) is 34.5 Å². The summed E-state index contributed by atoms with van der Waals surface area (Å²) >= 11 is 0. The molecule has 1 heterocycles. The largest absolute Gasteiger partial charge is 0.444 e. The van der Waals surface area contributed by atoms with E-state index in [0.29, 0.717) is 6.42 Å². The SMILES string of the molecule is CC[C@@H]1N(C(=O)OCc2ccccc2)CN([C@@H](C)c2ccccc2)C(=O)C1(C)C. The Morgan fingerprint density at radius 2 is 1.69 bits per heavy atom. The molecular weight excluding hydrogens is 364 g/mol. The number of benzene rings is 2. The van der Waals surface area contributed by atoms with Crippen LogP contribution in [0.25, 0.3) is 0 Å². The molecule has 0 N–H and O–H groups in total. The van der Waals surface area contributed by atoms with E-state index < -0.39 is 5.41 Å². The zero-order valence-electron chi connectivity index (χ0n) is 17.7. The fourth-order valence-electron chi connectivity index (χ4n) is 4.16. The summed E-state index contributed by atoms with van der Waals surface area (Å²) < 4.78 is 5.61. The van der Waals surface area contributed by atoms with Gasteiger partial charge in [-0.05, 0) is 38.3 Å². The van der Waals surface area contributed by atoms with Gasteiger partial charge in [0.2, 0.25) is 5.91 Å². The van der Waals surface area contributed by atoms with E-state index in [-0.39, 0.29) is 37.4 Å². The Morgan fingerprint density at radius 3 is 2.28 bits per heavy atom. The molecule has 0 unspecified atom stereocenters. The maximum Gasteiger partial charge on any atom is 0.411 e. The van der Waals surface area contributed by atoms with Crippen molar-refractivity contribution in [1.82, 2.24) is 9.80 Å². The lowest BCUT2D eigenvalue weighted by Crippen LogP contribution is -2.64. The van der Waals surface area contributed by atoms with Gasteiger partial charge in [-0.15, -0.1) is 0 Å². The van der Waals surface area contributed by atoms with E-state index in [9.17, 15) is 9.59 Å². The monoisotopic (exact) mass is 394 g/mol. The minimum Gasteiger partial charge on any atom is -0.444 e. The summed E-state index contributed by atoms with van der Waals surface area (Å²) in [5.74, 6) is 0.0628. The summed E-state index contributed by atoms with van der Waals surface area (Å²) in [6.45, 7) is 8.30. The van der Waals surface area contributed by atoms with Gasteiger partial charge in [0, 0.05) is 0 Å². The first-order chi connectivity index (χ1) is 13.9. The highest BCUT2D eigenvalue weighted by Gasteiger charge is 2.49. The number of hydrogen-bond acceptors (Lipinski definition) is 3. The molecule has 154 valence electrons. The van der Waals surface area contributed by atoms with Crippen molar-refractivity contribution in [3.8, 4) is 0 Å². The van der Waals surface area contributed by atoms with Crippen molar-refractivity contribution in [2.24, 2.45) is 5.41 Å². The number of ether oxygens (including phenoxy) is 1. The van der Waals surface area contributed by atoms with Crippen LogP contribution in [0, 0.1) is 5.41 Å². The quantitative estimate of drug-likeness (QED) is 0.718. The molecule has 5 heteroatoms. The number of nitrogens with zero attached hydrogens (tertiary/aromatic N) is 2. The predicted molar refractivity (Wildman–Crippen MR) is 113 cm³/mol. The molecule has 29 heavy (non-hydrogen) atoms. The van der Waals surface area contributed by atoms with Crippen molar-refractivity contribution in [2.45, 2.75) is 52.8 Å². The van der Waals surface area contributed by atoms with Gasteiger partial charge in [0.1, 0.15) is 6.61 Å². The summed E-state index contributed by atoms with van der Waals surface area (Å²) in [7, 11) is 0. The standard InChI is InChI=1S/C24H30N2O3/c1-5-21-24(3,4)22(27)25(18(2)20-14-10-7-11-15-20)17-26(21)23(28)29-16-19-12-8-6-9-13-19/h6-15,18,21H,5,16-17H2,1-4H3/t18-,21-/m0/s1. The van der Waals surface area contributed by atoms with Crippen molar-refractivity contribution in [1.29, 1.82) is 0 Å². The van der Waals surface area contributed by atoms with Gasteiger partial charge in [0.25, 0.3) is 0 Å². The second-order valence-electron chi connectivity index (χ2n) is 8.16. The fraction of sp³-hybridized carbons (Fsp3) is 0.417. The minimum atomic E-state index is -0.693. The predicted octanol–water partition coefficient (Wildman–Crippen LogP) is 4.99. The van der Waals surface area contributed by atoms with E-state index in [1.54, 1.807) is 9.80 Å². The van der Waals surface area contributed by atoms with Crippen LogP contribution in [0.1, 0.15) is 51.3 Å². The Kier molecular flexibility index (Phi) is 6.26. The van der Waals surface area contributed by atoms with E-state index in [1.165, 1.54) is 0 Å². The van der Waals surface area contributed by atoms with Gasteiger partial charge in [-0.2, -0.15) is 0 Å². The van der Waals surface area contributed by atoms with Crippen LogP contribution in [0.4, 0.5) is 4.79 Å². The molecule has 2 atom stereocenters. The Balaban J connectivity index is 1.82. The van der Waals surface area contributed by atoms with Crippen molar-refractivity contribution >= 4 is 12.0 Å². The highest BCUT2D eigenvalue weighted by molar-refractivity contribution is 5.86. The van der Waals surface area contributed by atoms with E-state index in [4.69, 9.17) is 4.74 Å². The minimum absolute atomic E-state index is 0.0628. The van der Waals surface area contributed by atoms with Crippen LogP contribution in [0.3, 0.4) is 0 Å². The van der Waals surface area contributed by atoms with Gasteiger partial charge < -0.3 is 9.64 Å². The summed E-state index contributed by atoms with van der Waals surface area (Å²) in [5, 5.41) is 0. The van der Waals surface area contributed by atoms with Crippen LogP contribution in [0.15, 0.2) is 60.7 Å². The van der Waals surface area contributed by atoms with Gasteiger partial charge in [-0.25, -0.2) is 4.79 Å². The number of rotatable bonds is 5. The van der Waals surface area contributed by atoms with Crippen molar-refractivity contribution in [3.05, 3.63) is 71.8 Å². The topological polar surface area (TPSA) is 49.9 Å². The van der Waals surface area contributed by atoms with E-state index in [2.05, 4.69) is 0 Å². The molecule has 2 amide bonds. The number of carbonyl (C=O) groups is 2. The average Bonchev–Trinajstić information content (AvgIpc) is 2.74. The normalized spacial score (nSPS) is 19.7. The maximum absolute atomic E-state index is 13.3. The van der Waals surface area contributed by atoms with Gasteiger partial charge in [-0.3, -0.25) is 9.69 Å². The van der Waals surface area contributed by atoms with Gasteiger partial charge in [0.05, 0.1) is 24.2 Å². The molecule has 2 aromatic rings. The summed E-state index contributed by atoms with van der Waals surface area (Å²) in [5.41, 5.74) is 1.29. The molecule has 1 saturated heterocycles. The zero-order valence-corrected chi connectivity index (χ0v) is 17.7.